The molecule has 0 radical (unpaired) electrons. The van der Waals surface area contributed by atoms with E-state index in [2.05, 4.69) is 50.3 Å². The maximum absolute atomic E-state index is 5.51. The number of ether oxygens (including phenoxy) is 2. The molecule has 2 heteroatoms. The lowest BCUT2D eigenvalue weighted by Crippen LogP contribution is -2.15. The Labute approximate surface area is 133 Å². The third-order valence-corrected chi connectivity index (χ3v) is 3.83. The van der Waals surface area contributed by atoms with E-state index in [1.54, 1.807) is 14.2 Å². The van der Waals surface area contributed by atoms with Gasteiger partial charge in [-0.15, -0.1) is 0 Å². The molecule has 2 aromatic carbocycles. The van der Waals surface area contributed by atoms with Crippen molar-refractivity contribution in [3.8, 4) is 11.5 Å². The van der Waals surface area contributed by atoms with E-state index >= 15 is 0 Å². The van der Waals surface area contributed by atoms with E-state index in [-0.39, 0.29) is 5.41 Å². The quantitative estimate of drug-likeness (QED) is 0.714. The molecule has 0 atom stereocenters. The predicted octanol–water partition coefficient (Wildman–Crippen LogP) is 4.78. The van der Waals surface area contributed by atoms with Crippen LogP contribution in [0.2, 0.25) is 0 Å². The highest BCUT2D eigenvalue weighted by molar-refractivity contribution is 5.46. The Kier molecular flexibility index (Phi) is 5.26. The molecule has 116 valence electrons. The summed E-state index contributed by atoms with van der Waals surface area (Å²) in [5.74, 6) is 1.73. The molecule has 0 N–H and O–H groups in total. The number of allylic oxidation sites excluding steroid dienone is 2. The van der Waals surface area contributed by atoms with Crippen LogP contribution in [0, 0.1) is 0 Å². The summed E-state index contributed by atoms with van der Waals surface area (Å²) in [6, 6.07) is 16.4. The van der Waals surface area contributed by atoms with Crippen molar-refractivity contribution in [2.75, 3.05) is 14.2 Å². The van der Waals surface area contributed by atoms with Crippen LogP contribution in [0.25, 0.3) is 0 Å². The Hall–Kier alpha value is -2.22. The van der Waals surface area contributed by atoms with Crippen LogP contribution >= 0.6 is 0 Å². The molecular weight excluding hydrogens is 272 g/mol. The number of hydrogen-bond donors (Lipinski definition) is 0. The summed E-state index contributed by atoms with van der Waals surface area (Å²) in [5.41, 5.74) is 2.31. The summed E-state index contributed by atoms with van der Waals surface area (Å²) >= 11 is 0. The first-order chi connectivity index (χ1) is 10.6. The molecule has 0 saturated heterocycles. The summed E-state index contributed by atoms with van der Waals surface area (Å²) in [4.78, 5) is 0. The van der Waals surface area contributed by atoms with Gasteiger partial charge < -0.3 is 9.47 Å². The fourth-order valence-electron chi connectivity index (χ4n) is 2.51. The van der Waals surface area contributed by atoms with Crippen LogP contribution in [-0.4, -0.2) is 14.2 Å². The minimum Gasteiger partial charge on any atom is -0.497 e. The average molecular weight is 296 g/mol. The van der Waals surface area contributed by atoms with Gasteiger partial charge in [0.2, 0.25) is 0 Å². The van der Waals surface area contributed by atoms with Gasteiger partial charge in [0.05, 0.1) is 14.2 Å². The monoisotopic (exact) mass is 296 g/mol. The van der Waals surface area contributed by atoms with E-state index in [1.165, 1.54) is 5.56 Å². The van der Waals surface area contributed by atoms with Gasteiger partial charge >= 0.3 is 0 Å². The van der Waals surface area contributed by atoms with Crippen molar-refractivity contribution >= 4 is 0 Å². The highest BCUT2D eigenvalue weighted by Crippen LogP contribution is 2.35. The van der Waals surface area contributed by atoms with Gasteiger partial charge in [-0.05, 0) is 30.2 Å². The summed E-state index contributed by atoms with van der Waals surface area (Å²) in [6.45, 7) is 4.37. The molecule has 0 fully saturated rings. The van der Waals surface area contributed by atoms with E-state index in [0.717, 1.165) is 23.5 Å². The lowest BCUT2D eigenvalue weighted by atomic mass is 9.83. The van der Waals surface area contributed by atoms with E-state index in [9.17, 15) is 0 Å². The Morgan fingerprint density at radius 1 is 0.955 bits per heavy atom. The molecule has 0 bridgehead atoms. The van der Waals surface area contributed by atoms with Gasteiger partial charge in [0.25, 0.3) is 0 Å². The third kappa shape index (κ3) is 3.91. The summed E-state index contributed by atoms with van der Waals surface area (Å²) < 4.78 is 10.8. The number of rotatable bonds is 6. The van der Waals surface area contributed by atoms with Crippen LogP contribution in [0.4, 0.5) is 0 Å². The second-order valence-electron chi connectivity index (χ2n) is 5.88. The first-order valence-corrected chi connectivity index (χ1v) is 7.51. The van der Waals surface area contributed by atoms with Crippen molar-refractivity contribution < 1.29 is 9.47 Å². The minimum absolute atomic E-state index is 0.130. The van der Waals surface area contributed by atoms with E-state index in [0.29, 0.717) is 0 Å². The molecule has 0 aromatic heterocycles. The van der Waals surface area contributed by atoms with Crippen LogP contribution in [-0.2, 0) is 11.8 Å². The van der Waals surface area contributed by atoms with Crippen molar-refractivity contribution in [1.82, 2.24) is 0 Å². The number of methoxy groups -OCH3 is 2. The molecule has 0 aliphatic rings. The number of benzene rings is 2. The molecule has 2 rings (SSSR count). The third-order valence-electron chi connectivity index (χ3n) is 3.83. The normalized spacial score (nSPS) is 11.6. The molecule has 0 aliphatic carbocycles. The van der Waals surface area contributed by atoms with E-state index in [1.807, 2.05) is 24.3 Å². The van der Waals surface area contributed by atoms with Crippen LogP contribution in [0.3, 0.4) is 0 Å². The largest absolute Gasteiger partial charge is 0.497 e. The summed E-state index contributed by atoms with van der Waals surface area (Å²) in [5, 5.41) is 0. The zero-order valence-electron chi connectivity index (χ0n) is 13.8. The Bertz CT molecular complexity index is 627. The average Bonchev–Trinajstić information content (AvgIpc) is 2.55. The molecule has 0 saturated carbocycles. The first-order valence-electron chi connectivity index (χ1n) is 7.51. The van der Waals surface area contributed by atoms with Gasteiger partial charge in [-0.2, -0.15) is 0 Å². The predicted molar refractivity (Wildman–Crippen MR) is 91.9 cm³/mol. The van der Waals surface area contributed by atoms with Crippen molar-refractivity contribution in [1.29, 1.82) is 0 Å². The topological polar surface area (TPSA) is 18.5 Å². The standard InChI is InChI=1S/C20H24O2/c1-20(2,14-8-11-16-9-6-5-7-10-16)18-15-17(21-3)12-13-19(18)22-4/h5-10,12-15H,11H2,1-4H3/b14-8+. The fourth-order valence-corrected chi connectivity index (χ4v) is 2.51. The molecule has 0 aliphatic heterocycles. The van der Waals surface area contributed by atoms with Crippen molar-refractivity contribution in [3.05, 3.63) is 71.8 Å². The second-order valence-corrected chi connectivity index (χ2v) is 5.88. The van der Waals surface area contributed by atoms with Gasteiger partial charge in [0.15, 0.2) is 0 Å². The van der Waals surface area contributed by atoms with Crippen molar-refractivity contribution in [3.63, 3.8) is 0 Å². The van der Waals surface area contributed by atoms with Gasteiger partial charge in [0, 0.05) is 11.0 Å². The van der Waals surface area contributed by atoms with Gasteiger partial charge in [0.1, 0.15) is 11.5 Å². The van der Waals surface area contributed by atoms with Crippen LogP contribution in [0.5, 0.6) is 11.5 Å². The Morgan fingerprint density at radius 2 is 1.68 bits per heavy atom. The zero-order chi connectivity index (χ0) is 16.0. The SMILES string of the molecule is COc1ccc(OC)c(C(C)(C)/C=C/Cc2ccccc2)c1. The van der Waals surface area contributed by atoms with Crippen molar-refractivity contribution in [2.45, 2.75) is 25.7 Å². The molecule has 22 heavy (non-hydrogen) atoms. The molecule has 0 heterocycles. The maximum Gasteiger partial charge on any atom is 0.123 e. The Morgan fingerprint density at radius 3 is 2.32 bits per heavy atom. The smallest absolute Gasteiger partial charge is 0.123 e. The fraction of sp³-hybridized carbons (Fsp3) is 0.300. The molecule has 0 spiro atoms. The lowest BCUT2D eigenvalue weighted by Gasteiger charge is -2.24. The second kappa shape index (κ2) is 7.17. The Balaban J connectivity index is 2.22. The molecule has 2 aromatic rings. The van der Waals surface area contributed by atoms with Crippen LogP contribution in [0.1, 0.15) is 25.0 Å². The molecule has 0 unspecified atom stereocenters. The zero-order valence-corrected chi connectivity index (χ0v) is 13.8. The molecular formula is C20H24O2. The van der Waals surface area contributed by atoms with Gasteiger partial charge in [-0.1, -0.05) is 56.3 Å². The van der Waals surface area contributed by atoms with Crippen LogP contribution in [0.15, 0.2) is 60.7 Å². The molecule has 2 nitrogen and oxygen atoms in total. The summed E-state index contributed by atoms with van der Waals surface area (Å²) in [6.07, 6.45) is 5.38. The lowest BCUT2D eigenvalue weighted by molar-refractivity contribution is 0.392. The highest BCUT2D eigenvalue weighted by atomic mass is 16.5. The van der Waals surface area contributed by atoms with Crippen LogP contribution < -0.4 is 9.47 Å². The van der Waals surface area contributed by atoms with Crippen molar-refractivity contribution in [2.24, 2.45) is 0 Å². The van der Waals surface area contributed by atoms with Gasteiger partial charge in [-0.3, -0.25) is 0 Å². The van der Waals surface area contributed by atoms with Gasteiger partial charge in [-0.25, -0.2) is 0 Å². The first kappa shape index (κ1) is 16.2. The minimum atomic E-state index is -0.130. The van der Waals surface area contributed by atoms with E-state index < -0.39 is 0 Å². The molecule has 0 amide bonds. The van der Waals surface area contributed by atoms with E-state index in [4.69, 9.17) is 9.47 Å². The maximum atomic E-state index is 5.51. The highest BCUT2D eigenvalue weighted by Gasteiger charge is 2.22. The summed E-state index contributed by atoms with van der Waals surface area (Å²) in [7, 11) is 3.39. The number of hydrogen-bond acceptors (Lipinski definition) is 2.